The van der Waals surface area contributed by atoms with Crippen molar-refractivity contribution in [3.05, 3.63) is 143 Å². The van der Waals surface area contributed by atoms with Crippen molar-refractivity contribution < 1.29 is 14.2 Å². The standard InChI is InChI=1S/C48H50N2O3/c1-3-12-31(13-4-1)32-21-24-38-44(28-32)51-41-18-9-7-16-36(41)48(38)37-17-8-10-19-42(37)52-45-29-33(22-25-39(45)48)34-23-26-40-46(30-34)53-43-20-11-27-49-47(43)50(40)35-14-5-2-6-15-35/h1-3,5-6,8-10,14,17-19,21,23-24,26,29-32,35-36,38,41,44,49H,4,7,11-13,15-16,20,22,25,27-28H2. The highest BCUT2D eigenvalue weighted by atomic mass is 16.5. The Hall–Kier alpha value is -4.48. The Labute approximate surface area is 314 Å². The van der Waals surface area contributed by atoms with Crippen LogP contribution < -0.4 is 19.7 Å². The molecule has 0 bridgehead atoms. The lowest BCUT2D eigenvalue weighted by atomic mass is 9.49. The molecule has 8 atom stereocenters. The highest BCUT2D eigenvalue weighted by Gasteiger charge is 2.61. The van der Waals surface area contributed by atoms with Crippen LogP contribution in [0.25, 0.3) is 5.57 Å². The number of anilines is 1. The summed E-state index contributed by atoms with van der Waals surface area (Å²) >= 11 is 0. The second-order valence-corrected chi connectivity index (χ2v) is 16.7. The number of hydrogen-bond donors (Lipinski definition) is 1. The highest BCUT2D eigenvalue weighted by molar-refractivity contribution is 5.77. The van der Waals surface area contributed by atoms with Crippen molar-refractivity contribution in [2.45, 2.75) is 94.3 Å². The fourth-order valence-electron chi connectivity index (χ4n) is 11.7. The number of nitrogens with one attached hydrogen (secondary N) is 1. The van der Waals surface area contributed by atoms with Gasteiger partial charge in [-0.25, -0.2) is 0 Å². The van der Waals surface area contributed by atoms with Gasteiger partial charge in [0, 0.05) is 35.8 Å². The quantitative estimate of drug-likeness (QED) is 0.323. The van der Waals surface area contributed by atoms with Gasteiger partial charge in [-0.3, -0.25) is 0 Å². The van der Waals surface area contributed by atoms with Crippen LogP contribution >= 0.6 is 0 Å². The number of benzene rings is 2. The van der Waals surface area contributed by atoms with Crippen molar-refractivity contribution in [2.75, 3.05) is 11.4 Å². The largest absolute Gasteiger partial charge is 0.457 e. The summed E-state index contributed by atoms with van der Waals surface area (Å²) in [7, 11) is 0. The summed E-state index contributed by atoms with van der Waals surface area (Å²) in [6.45, 7) is 0.980. The van der Waals surface area contributed by atoms with E-state index in [1.807, 2.05) is 0 Å². The van der Waals surface area contributed by atoms with E-state index in [0.29, 0.717) is 17.8 Å². The molecule has 2 aromatic rings. The predicted octanol–water partition coefficient (Wildman–Crippen LogP) is 10.4. The number of ether oxygens (including phenoxy) is 3. The lowest BCUT2D eigenvalue weighted by Crippen LogP contribution is -2.60. The van der Waals surface area contributed by atoms with Gasteiger partial charge in [0.05, 0.1) is 23.9 Å². The minimum absolute atomic E-state index is 0.123. The van der Waals surface area contributed by atoms with E-state index in [1.165, 1.54) is 41.5 Å². The summed E-state index contributed by atoms with van der Waals surface area (Å²) < 4.78 is 20.9. The predicted molar refractivity (Wildman–Crippen MR) is 211 cm³/mol. The fraction of sp³-hybridized carbons (Fsp3) is 0.417. The van der Waals surface area contributed by atoms with Crippen molar-refractivity contribution in [1.82, 2.24) is 5.32 Å². The molecule has 11 rings (SSSR count). The van der Waals surface area contributed by atoms with Gasteiger partial charge in [-0.15, -0.1) is 0 Å². The Balaban J connectivity index is 1.01. The molecule has 4 aliphatic heterocycles. The van der Waals surface area contributed by atoms with Crippen LogP contribution in [0.5, 0.6) is 11.5 Å². The molecule has 0 saturated carbocycles. The van der Waals surface area contributed by atoms with Crippen LogP contribution in [0.4, 0.5) is 5.69 Å². The SMILES string of the molecule is C1=CCC(N2C3=C(CCCN3)Oc3cc(C4=CC5=C(CC4)C4(c6ccccc6O5)C5C=CC(C6CC=CCC6)CC5OC5C=CCCC54)ccc32)C=C1. The molecule has 4 heterocycles. The maximum absolute atomic E-state index is 7.20. The first-order chi connectivity index (χ1) is 26.3. The summed E-state index contributed by atoms with van der Waals surface area (Å²) in [6.07, 6.45) is 38.4. The molecule has 1 N–H and O–H groups in total. The lowest BCUT2D eigenvalue weighted by molar-refractivity contribution is -0.135. The van der Waals surface area contributed by atoms with Crippen molar-refractivity contribution >= 4 is 11.3 Å². The van der Waals surface area contributed by atoms with E-state index in [4.69, 9.17) is 14.2 Å². The van der Waals surface area contributed by atoms with Crippen molar-refractivity contribution in [3.63, 3.8) is 0 Å². The Morgan fingerprint density at radius 2 is 1.77 bits per heavy atom. The number of rotatable bonds is 3. The second-order valence-electron chi connectivity index (χ2n) is 16.7. The Kier molecular flexibility index (Phi) is 7.75. The lowest BCUT2D eigenvalue weighted by Gasteiger charge is -2.60. The highest BCUT2D eigenvalue weighted by Crippen LogP contribution is 2.63. The van der Waals surface area contributed by atoms with Crippen LogP contribution in [0, 0.1) is 23.7 Å². The van der Waals surface area contributed by atoms with E-state index in [1.54, 1.807) is 0 Å². The van der Waals surface area contributed by atoms with Crippen LogP contribution in [-0.4, -0.2) is 24.8 Å². The van der Waals surface area contributed by atoms with Gasteiger partial charge in [0.1, 0.15) is 23.1 Å². The molecule has 5 nitrogen and oxygen atoms in total. The van der Waals surface area contributed by atoms with Crippen LogP contribution in [0.1, 0.15) is 81.8 Å². The fourth-order valence-corrected chi connectivity index (χ4v) is 11.7. The summed E-state index contributed by atoms with van der Waals surface area (Å²) in [5.74, 6) is 7.19. The third-order valence-corrected chi connectivity index (χ3v) is 14.0. The Bertz CT molecular complexity index is 2080. The molecule has 1 saturated heterocycles. The van der Waals surface area contributed by atoms with E-state index < -0.39 is 0 Å². The van der Waals surface area contributed by atoms with E-state index in [2.05, 4.69) is 120 Å². The molecule has 2 aromatic carbocycles. The number of para-hydroxylation sites is 1. The van der Waals surface area contributed by atoms with Crippen LogP contribution in [0.2, 0.25) is 0 Å². The third kappa shape index (κ3) is 5.06. The molecule has 53 heavy (non-hydrogen) atoms. The first kappa shape index (κ1) is 32.0. The molecule has 1 spiro atoms. The van der Waals surface area contributed by atoms with Gasteiger partial charge in [-0.1, -0.05) is 85.0 Å². The Morgan fingerprint density at radius 1 is 0.811 bits per heavy atom. The monoisotopic (exact) mass is 702 g/mol. The molecule has 270 valence electrons. The summed E-state index contributed by atoms with van der Waals surface area (Å²) in [6, 6.07) is 16.1. The molecule has 0 radical (unpaired) electrons. The Morgan fingerprint density at radius 3 is 2.70 bits per heavy atom. The molecule has 9 aliphatic rings. The zero-order valence-electron chi connectivity index (χ0n) is 30.6. The van der Waals surface area contributed by atoms with Gasteiger partial charge in [-0.2, -0.15) is 0 Å². The number of fused-ring (bicyclic) bond motifs is 8. The third-order valence-electron chi connectivity index (χ3n) is 14.0. The van der Waals surface area contributed by atoms with Crippen LogP contribution in [-0.2, 0) is 10.2 Å². The minimum atomic E-state index is -0.156. The first-order valence-corrected chi connectivity index (χ1v) is 20.5. The van der Waals surface area contributed by atoms with E-state index in [9.17, 15) is 0 Å². The van der Waals surface area contributed by atoms with Gasteiger partial charge in [0.15, 0.2) is 5.75 Å². The van der Waals surface area contributed by atoms with E-state index in [-0.39, 0.29) is 29.6 Å². The van der Waals surface area contributed by atoms with Gasteiger partial charge in [-0.05, 0) is 117 Å². The van der Waals surface area contributed by atoms with Crippen molar-refractivity contribution in [2.24, 2.45) is 23.7 Å². The van der Waals surface area contributed by atoms with Gasteiger partial charge in [0.2, 0.25) is 0 Å². The smallest absolute Gasteiger partial charge is 0.151 e. The summed E-state index contributed by atoms with van der Waals surface area (Å²) in [5.41, 5.74) is 6.41. The zero-order valence-corrected chi connectivity index (χ0v) is 30.6. The molecule has 1 fully saturated rings. The second kappa shape index (κ2) is 12.8. The maximum Gasteiger partial charge on any atom is 0.151 e. The van der Waals surface area contributed by atoms with Gasteiger partial charge >= 0.3 is 0 Å². The molecule has 0 amide bonds. The average molecular weight is 703 g/mol. The van der Waals surface area contributed by atoms with E-state index >= 15 is 0 Å². The molecule has 0 aromatic heterocycles. The maximum atomic E-state index is 7.20. The van der Waals surface area contributed by atoms with Crippen LogP contribution in [0.15, 0.2) is 132 Å². The normalized spacial score (nSPS) is 34.8. The number of nitrogens with zero attached hydrogens (tertiary/aromatic N) is 1. The first-order valence-electron chi connectivity index (χ1n) is 20.5. The molecular weight excluding hydrogens is 653 g/mol. The van der Waals surface area contributed by atoms with Crippen molar-refractivity contribution in [1.29, 1.82) is 0 Å². The summed E-state index contributed by atoms with van der Waals surface area (Å²) in [4.78, 5) is 2.47. The molecule has 5 heteroatoms. The minimum Gasteiger partial charge on any atom is -0.457 e. The van der Waals surface area contributed by atoms with Gasteiger partial charge < -0.3 is 24.4 Å². The summed E-state index contributed by atoms with van der Waals surface area (Å²) in [5, 5.41) is 3.68. The topological polar surface area (TPSA) is 43.0 Å². The van der Waals surface area contributed by atoms with Crippen molar-refractivity contribution in [3.8, 4) is 11.5 Å². The van der Waals surface area contributed by atoms with Crippen LogP contribution in [0.3, 0.4) is 0 Å². The van der Waals surface area contributed by atoms with Gasteiger partial charge in [0.25, 0.3) is 0 Å². The molecular formula is C48H50N2O3. The number of allylic oxidation sites excluding steroid dienone is 10. The zero-order chi connectivity index (χ0) is 34.9. The molecule has 8 unspecified atom stereocenters. The average Bonchev–Trinajstić information content (AvgIpc) is 3.22. The van der Waals surface area contributed by atoms with E-state index in [0.717, 1.165) is 92.4 Å². The molecule has 5 aliphatic carbocycles. The number of hydrogen-bond acceptors (Lipinski definition) is 5.